The van der Waals surface area contributed by atoms with Crippen LogP contribution in [-0.4, -0.2) is 90.7 Å². The summed E-state index contributed by atoms with van der Waals surface area (Å²) in [7, 11) is 1.58. The summed E-state index contributed by atoms with van der Waals surface area (Å²) in [4.78, 5) is 35.1. The monoisotopic (exact) mass is 510 g/mol. The summed E-state index contributed by atoms with van der Waals surface area (Å²) in [6, 6.07) is 4.80. The van der Waals surface area contributed by atoms with E-state index in [1.165, 1.54) is 0 Å². The van der Waals surface area contributed by atoms with Crippen molar-refractivity contribution in [2.75, 3.05) is 66.5 Å². The zero-order valence-electron chi connectivity index (χ0n) is 22.2. The lowest BCUT2D eigenvalue weighted by atomic mass is 9.87. The van der Waals surface area contributed by atoms with Crippen LogP contribution < -0.4 is 15.4 Å². The van der Waals surface area contributed by atoms with Gasteiger partial charge in [0.25, 0.3) is 5.91 Å². The van der Waals surface area contributed by atoms with Gasteiger partial charge in [-0.25, -0.2) is 0 Å². The number of aryl methyl sites for hydroxylation is 1. The van der Waals surface area contributed by atoms with Crippen LogP contribution >= 0.6 is 0 Å². The number of methoxy groups -OCH3 is 1. The van der Waals surface area contributed by atoms with Crippen LogP contribution in [0.1, 0.15) is 43.1 Å². The van der Waals surface area contributed by atoms with Crippen molar-refractivity contribution in [2.24, 2.45) is 5.41 Å². The van der Waals surface area contributed by atoms with E-state index >= 15 is 0 Å². The molecule has 2 amide bonds. The number of hydrogen-bond acceptors (Lipinski definition) is 8. The maximum absolute atomic E-state index is 12.2. The Hall–Kier alpha value is -2.53. The highest BCUT2D eigenvalue weighted by Gasteiger charge is 2.25. The molecule has 2 N–H and O–H groups in total. The zero-order chi connectivity index (χ0) is 26.8. The molecule has 36 heavy (non-hydrogen) atoms. The summed E-state index contributed by atoms with van der Waals surface area (Å²) >= 11 is 0. The molecule has 1 rings (SSSR count). The maximum Gasteiger partial charge on any atom is 0.251 e. The second-order valence-electron chi connectivity index (χ2n) is 9.19. The standard InChI is InChI=1S/C26H42N2O8/c1-20-6-7-21(18-22(20)32-5)25(31)27-9-11-34-13-15-36-17-16-35-14-12-33-10-8-24(30)28-23(19-29)26(2,3)4/h6-7,18-19,23H,8-17H2,1-5H3,(H,27,31)(H,28,30). The van der Waals surface area contributed by atoms with Crippen molar-refractivity contribution in [3.8, 4) is 5.75 Å². The van der Waals surface area contributed by atoms with E-state index in [9.17, 15) is 14.4 Å². The van der Waals surface area contributed by atoms with Gasteiger partial charge in [0.1, 0.15) is 12.0 Å². The number of carbonyl (C=O) groups is 3. The fraction of sp³-hybridized carbons (Fsp3) is 0.654. The highest BCUT2D eigenvalue weighted by atomic mass is 16.6. The van der Waals surface area contributed by atoms with Gasteiger partial charge >= 0.3 is 0 Å². The quantitative estimate of drug-likeness (QED) is 0.214. The highest BCUT2D eigenvalue weighted by Crippen LogP contribution is 2.19. The number of rotatable bonds is 19. The first-order chi connectivity index (χ1) is 17.2. The van der Waals surface area contributed by atoms with E-state index in [4.69, 9.17) is 23.7 Å². The Kier molecular flexibility index (Phi) is 15.6. The van der Waals surface area contributed by atoms with E-state index in [1.54, 1.807) is 19.2 Å². The Morgan fingerprint density at radius 2 is 1.47 bits per heavy atom. The average molecular weight is 511 g/mol. The van der Waals surface area contributed by atoms with E-state index in [-0.39, 0.29) is 30.3 Å². The second kappa shape index (κ2) is 17.8. The molecule has 0 saturated carbocycles. The number of nitrogens with one attached hydrogen (secondary N) is 2. The van der Waals surface area contributed by atoms with E-state index in [0.717, 1.165) is 11.8 Å². The molecule has 0 spiro atoms. The molecule has 0 aliphatic carbocycles. The largest absolute Gasteiger partial charge is 0.496 e. The van der Waals surface area contributed by atoms with Gasteiger partial charge in [0.2, 0.25) is 5.91 Å². The Morgan fingerprint density at radius 3 is 2.00 bits per heavy atom. The van der Waals surface area contributed by atoms with Crippen LogP contribution in [-0.2, 0) is 28.5 Å². The van der Waals surface area contributed by atoms with Gasteiger partial charge in [0, 0.05) is 18.5 Å². The summed E-state index contributed by atoms with van der Waals surface area (Å²) in [6.07, 6.45) is 0.944. The predicted octanol–water partition coefficient (Wildman–Crippen LogP) is 1.92. The number of carbonyl (C=O) groups excluding carboxylic acids is 3. The van der Waals surface area contributed by atoms with Crippen LogP contribution in [0, 0.1) is 12.3 Å². The minimum atomic E-state index is -0.520. The Bertz CT molecular complexity index is 795. The topological polar surface area (TPSA) is 121 Å². The number of ether oxygens (including phenoxy) is 5. The van der Waals surface area contributed by atoms with Gasteiger partial charge in [0.05, 0.1) is 66.0 Å². The molecular formula is C26H42N2O8. The van der Waals surface area contributed by atoms with Crippen LogP contribution in [0.5, 0.6) is 5.75 Å². The van der Waals surface area contributed by atoms with Gasteiger partial charge < -0.3 is 39.1 Å². The molecule has 10 nitrogen and oxygen atoms in total. The first kappa shape index (κ1) is 31.5. The van der Waals surface area contributed by atoms with Crippen molar-refractivity contribution >= 4 is 18.1 Å². The van der Waals surface area contributed by atoms with Crippen molar-refractivity contribution in [1.82, 2.24) is 10.6 Å². The first-order valence-corrected chi connectivity index (χ1v) is 12.2. The molecule has 0 aliphatic rings. The molecule has 1 atom stereocenters. The number of amides is 2. The molecule has 10 heteroatoms. The number of aldehydes is 1. The molecule has 1 aromatic rings. The van der Waals surface area contributed by atoms with Crippen molar-refractivity contribution in [3.05, 3.63) is 29.3 Å². The zero-order valence-corrected chi connectivity index (χ0v) is 22.2. The van der Waals surface area contributed by atoms with Crippen LogP contribution in [0.2, 0.25) is 0 Å². The minimum Gasteiger partial charge on any atom is -0.496 e. The van der Waals surface area contributed by atoms with Gasteiger partial charge in [0.15, 0.2) is 0 Å². The van der Waals surface area contributed by atoms with E-state index in [2.05, 4.69) is 10.6 Å². The Labute approximate surface area is 214 Å². The van der Waals surface area contributed by atoms with Crippen molar-refractivity contribution < 1.29 is 38.1 Å². The van der Waals surface area contributed by atoms with Gasteiger partial charge in [-0.05, 0) is 30.0 Å². The molecule has 1 unspecified atom stereocenters. The molecular weight excluding hydrogens is 468 g/mol. The predicted molar refractivity (Wildman–Crippen MR) is 135 cm³/mol. The molecule has 204 valence electrons. The van der Waals surface area contributed by atoms with Crippen LogP contribution in [0.4, 0.5) is 0 Å². The third-order valence-corrected chi connectivity index (χ3v) is 5.18. The molecule has 1 aromatic carbocycles. The lowest BCUT2D eigenvalue weighted by Crippen LogP contribution is -2.45. The van der Waals surface area contributed by atoms with Gasteiger partial charge in [-0.15, -0.1) is 0 Å². The fourth-order valence-corrected chi connectivity index (χ4v) is 2.93. The fourth-order valence-electron chi connectivity index (χ4n) is 2.93. The SMILES string of the molecule is COc1cc(C(=O)NCCOCCOCCOCCOCCC(=O)NC(C=O)C(C)(C)C)ccc1C. The summed E-state index contributed by atoms with van der Waals surface area (Å²) < 4.78 is 26.9. The molecule has 0 aromatic heterocycles. The number of hydrogen-bond donors (Lipinski definition) is 2. The van der Waals surface area contributed by atoms with Crippen LogP contribution in [0.25, 0.3) is 0 Å². The second-order valence-corrected chi connectivity index (χ2v) is 9.19. The van der Waals surface area contributed by atoms with Crippen molar-refractivity contribution in [1.29, 1.82) is 0 Å². The summed E-state index contributed by atoms with van der Waals surface area (Å²) in [5.41, 5.74) is 1.19. The summed E-state index contributed by atoms with van der Waals surface area (Å²) in [5, 5.41) is 5.51. The molecule has 0 heterocycles. The van der Waals surface area contributed by atoms with Crippen molar-refractivity contribution in [3.63, 3.8) is 0 Å². The maximum atomic E-state index is 12.2. The van der Waals surface area contributed by atoms with E-state index in [1.807, 2.05) is 33.8 Å². The lowest BCUT2D eigenvalue weighted by molar-refractivity contribution is -0.126. The van der Waals surface area contributed by atoms with Crippen LogP contribution in [0.15, 0.2) is 18.2 Å². The van der Waals surface area contributed by atoms with Crippen LogP contribution in [0.3, 0.4) is 0 Å². The normalized spacial score (nSPS) is 12.1. The van der Waals surface area contributed by atoms with Gasteiger partial charge in [-0.2, -0.15) is 0 Å². The Balaban J connectivity index is 1.92. The molecule has 0 radical (unpaired) electrons. The van der Waals surface area contributed by atoms with Crippen molar-refractivity contribution in [2.45, 2.75) is 40.2 Å². The highest BCUT2D eigenvalue weighted by molar-refractivity contribution is 5.94. The molecule has 0 fully saturated rings. The Morgan fingerprint density at radius 1 is 0.917 bits per heavy atom. The van der Waals surface area contributed by atoms with Gasteiger partial charge in [-0.3, -0.25) is 9.59 Å². The lowest BCUT2D eigenvalue weighted by Gasteiger charge is -2.26. The third kappa shape index (κ3) is 13.5. The average Bonchev–Trinajstić information content (AvgIpc) is 2.84. The summed E-state index contributed by atoms with van der Waals surface area (Å²) in [5.74, 6) is 0.288. The molecule has 0 aliphatic heterocycles. The smallest absolute Gasteiger partial charge is 0.251 e. The third-order valence-electron chi connectivity index (χ3n) is 5.18. The minimum absolute atomic E-state index is 0.176. The van der Waals surface area contributed by atoms with Gasteiger partial charge in [-0.1, -0.05) is 26.8 Å². The first-order valence-electron chi connectivity index (χ1n) is 12.2. The molecule has 0 saturated heterocycles. The number of benzene rings is 1. The summed E-state index contributed by atoms with van der Waals surface area (Å²) in [6.45, 7) is 11.1. The van der Waals surface area contributed by atoms with E-state index in [0.29, 0.717) is 64.1 Å². The molecule has 0 bridgehead atoms. The van der Waals surface area contributed by atoms with E-state index < -0.39 is 6.04 Å².